The third-order valence-electron chi connectivity index (χ3n) is 6.18. The highest BCUT2D eigenvalue weighted by Crippen LogP contribution is 2.29. The number of fused-ring (bicyclic) bond motifs is 1. The second-order valence-corrected chi connectivity index (χ2v) is 8.55. The Kier molecular flexibility index (Phi) is 6.91. The van der Waals surface area contributed by atoms with Crippen molar-refractivity contribution in [1.82, 2.24) is 4.57 Å². The molecule has 8 heteroatoms. The van der Waals surface area contributed by atoms with E-state index in [-0.39, 0.29) is 29.5 Å². The maximum absolute atomic E-state index is 12.9. The van der Waals surface area contributed by atoms with Crippen molar-refractivity contribution in [2.24, 2.45) is 5.73 Å². The number of ketones is 1. The van der Waals surface area contributed by atoms with Crippen molar-refractivity contribution in [3.8, 4) is 17.2 Å². The van der Waals surface area contributed by atoms with E-state index in [1.165, 1.54) is 42.9 Å². The molecule has 2 aromatic carbocycles. The number of primary amides is 1. The van der Waals surface area contributed by atoms with Gasteiger partial charge < -0.3 is 24.5 Å². The number of nitrogens with zero attached hydrogens (tertiary/aromatic N) is 1. The van der Waals surface area contributed by atoms with E-state index < -0.39 is 18.5 Å². The first-order valence-electron chi connectivity index (χ1n) is 11.4. The Morgan fingerprint density at radius 2 is 1.71 bits per heavy atom. The molecule has 1 heterocycles. The van der Waals surface area contributed by atoms with Gasteiger partial charge in [0, 0.05) is 22.6 Å². The van der Waals surface area contributed by atoms with Crippen molar-refractivity contribution < 1.29 is 28.6 Å². The van der Waals surface area contributed by atoms with E-state index in [2.05, 4.69) is 22.8 Å². The Labute approximate surface area is 203 Å². The lowest BCUT2D eigenvalue weighted by molar-refractivity contribution is -0.119. The third-order valence-corrected chi connectivity index (χ3v) is 6.18. The Balaban J connectivity index is 1.46. The van der Waals surface area contributed by atoms with Crippen LogP contribution in [0.3, 0.4) is 0 Å². The minimum atomic E-state index is -0.675. The van der Waals surface area contributed by atoms with Crippen LogP contribution in [0.2, 0.25) is 0 Å². The normalized spacial score (nSPS) is 12.2. The summed E-state index contributed by atoms with van der Waals surface area (Å²) in [5.41, 5.74) is 11.3. The molecule has 3 aromatic rings. The van der Waals surface area contributed by atoms with Crippen LogP contribution in [0, 0.1) is 13.8 Å². The fourth-order valence-electron chi connectivity index (χ4n) is 4.49. The van der Waals surface area contributed by atoms with E-state index in [9.17, 15) is 14.4 Å². The third kappa shape index (κ3) is 5.06. The Morgan fingerprint density at radius 1 is 0.943 bits per heavy atom. The largest absolute Gasteiger partial charge is 0.493 e. The van der Waals surface area contributed by atoms with Gasteiger partial charge in [-0.15, -0.1) is 0 Å². The minimum Gasteiger partial charge on any atom is -0.493 e. The number of amides is 1. The first-order chi connectivity index (χ1) is 16.8. The number of esters is 1. The van der Waals surface area contributed by atoms with E-state index >= 15 is 0 Å². The van der Waals surface area contributed by atoms with Gasteiger partial charge in [0.25, 0.3) is 5.91 Å². The van der Waals surface area contributed by atoms with Gasteiger partial charge in [0.1, 0.15) is 0 Å². The number of ether oxygens (including phenoxy) is 3. The number of nitrogens with two attached hydrogens (primary N) is 1. The summed E-state index contributed by atoms with van der Waals surface area (Å²) in [5, 5.41) is 0. The molecule has 8 nitrogen and oxygen atoms in total. The van der Waals surface area contributed by atoms with Gasteiger partial charge in [0.05, 0.1) is 12.7 Å². The molecule has 0 bridgehead atoms. The van der Waals surface area contributed by atoms with Crippen LogP contribution in [0.5, 0.6) is 11.5 Å². The predicted octanol–water partition coefficient (Wildman–Crippen LogP) is 3.50. The summed E-state index contributed by atoms with van der Waals surface area (Å²) in [7, 11) is 1.40. The first kappa shape index (κ1) is 24.1. The van der Waals surface area contributed by atoms with E-state index in [0.29, 0.717) is 5.56 Å². The summed E-state index contributed by atoms with van der Waals surface area (Å²) < 4.78 is 17.8. The fourth-order valence-corrected chi connectivity index (χ4v) is 4.49. The lowest BCUT2D eigenvalue weighted by Gasteiger charge is -2.12. The number of Topliss-reactive ketones (excluding diaryl/α,β-unsaturated/α-hetero) is 1. The molecule has 2 N–H and O–H groups in total. The highest BCUT2D eigenvalue weighted by molar-refractivity contribution is 6.00. The van der Waals surface area contributed by atoms with E-state index in [0.717, 1.165) is 29.9 Å². The van der Waals surface area contributed by atoms with E-state index in [1.807, 2.05) is 19.9 Å². The number of hydrogen-bond acceptors (Lipinski definition) is 6. The smallest absolute Gasteiger partial charge is 0.338 e. The summed E-state index contributed by atoms with van der Waals surface area (Å²) in [5.74, 6) is -1.09. The van der Waals surface area contributed by atoms with Crippen molar-refractivity contribution in [2.75, 3.05) is 20.3 Å². The highest BCUT2D eigenvalue weighted by atomic mass is 16.5. The van der Waals surface area contributed by atoms with Crippen LogP contribution in [0.1, 0.15) is 49.7 Å². The topological polar surface area (TPSA) is 110 Å². The molecule has 35 heavy (non-hydrogen) atoms. The number of aromatic nitrogens is 1. The molecule has 1 aromatic heterocycles. The van der Waals surface area contributed by atoms with Crippen LogP contribution in [-0.2, 0) is 22.4 Å². The van der Waals surface area contributed by atoms with Crippen molar-refractivity contribution in [2.45, 2.75) is 33.1 Å². The fraction of sp³-hybridized carbons (Fsp3) is 0.296. The molecule has 1 aliphatic carbocycles. The van der Waals surface area contributed by atoms with Crippen LogP contribution in [-0.4, -0.2) is 42.6 Å². The monoisotopic (exact) mass is 476 g/mol. The van der Waals surface area contributed by atoms with E-state index in [4.69, 9.17) is 19.9 Å². The van der Waals surface area contributed by atoms with Gasteiger partial charge in [-0.1, -0.05) is 6.07 Å². The van der Waals surface area contributed by atoms with Crippen LogP contribution < -0.4 is 15.2 Å². The van der Waals surface area contributed by atoms with Gasteiger partial charge >= 0.3 is 5.97 Å². The maximum Gasteiger partial charge on any atom is 0.338 e. The number of aryl methyl sites for hydroxylation is 3. The standard InChI is InChI=1S/C27H28N2O6/c1-16-11-22(17(2)29(16)21-9-7-18-5-4-6-19(18)12-21)23(30)14-35-27(32)20-8-10-24(25(13-20)33-3)34-15-26(28)31/h7-13H,4-6,14-15H2,1-3H3,(H2,28,31). The van der Waals surface area contributed by atoms with Crippen LogP contribution in [0.4, 0.5) is 0 Å². The molecule has 1 aliphatic rings. The van der Waals surface area contributed by atoms with Crippen molar-refractivity contribution in [3.05, 3.63) is 76.1 Å². The predicted molar refractivity (Wildman–Crippen MR) is 130 cm³/mol. The Bertz CT molecular complexity index is 1310. The molecule has 0 aliphatic heterocycles. The number of carbonyl (C=O) groups excluding carboxylic acids is 3. The van der Waals surface area contributed by atoms with Gasteiger partial charge in [-0.2, -0.15) is 0 Å². The molecule has 0 spiro atoms. The summed E-state index contributed by atoms with van der Waals surface area (Å²) in [6, 6.07) is 12.6. The molecule has 1 amide bonds. The molecule has 0 saturated carbocycles. The summed E-state index contributed by atoms with van der Waals surface area (Å²) in [4.78, 5) is 36.4. The molecule has 0 unspecified atom stereocenters. The number of rotatable bonds is 9. The van der Waals surface area contributed by atoms with Crippen molar-refractivity contribution >= 4 is 17.7 Å². The number of hydrogen-bond donors (Lipinski definition) is 1. The van der Waals surface area contributed by atoms with Gasteiger partial charge in [0.15, 0.2) is 24.7 Å². The lowest BCUT2D eigenvalue weighted by atomic mass is 10.1. The van der Waals surface area contributed by atoms with Crippen LogP contribution in [0.15, 0.2) is 42.5 Å². The average molecular weight is 477 g/mol. The summed E-state index contributed by atoms with van der Waals surface area (Å²) in [6.07, 6.45) is 3.36. The molecule has 4 rings (SSSR count). The second kappa shape index (κ2) is 10.0. The molecule has 182 valence electrons. The SMILES string of the molecule is COc1cc(C(=O)OCC(=O)c2cc(C)n(-c3ccc4c(c3)CCC4)c2C)ccc1OCC(N)=O. The van der Waals surface area contributed by atoms with Crippen LogP contribution >= 0.6 is 0 Å². The second-order valence-electron chi connectivity index (χ2n) is 8.55. The van der Waals surface area contributed by atoms with Crippen LogP contribution in [0.25, 0.3) is 5.69 Å². The molecular weight excluding hydrogens is 448 g/mol. The van der Waals surface area contributed by atoms with Gasteiger partial charge in [-0.05, 0) is 80.6 Å². The summed E-state index contributed by atoms with van der Waals surface area (Å²) >= 11 is 0. The maximum atomic E-state index is 12.9. The lowest BCUT2D eigenvalue weighted by Crippen LogP contribution is -2.20. The molecule has 0 saturated heterocycles. The summed E-state index contributed by atoms with van der Waals surface area (Å²) in [6.45, 7) is 3.14. The highest BCUT2D eigenvalue weighted by Gasteiger charge is 2.20. The number of carbonyl (C=O) groups is 3. The zero-order chi connectivity index (χ0) is 25.1. The minimum absolute atomic E-state index is 0.185. The quantitative estimate of drug-likeness (QED) is 0.374. The first-order valence-corrected chi connectivity index (χ1v) is 11.4. The van der Waals surface area contributed by atoms with Crippen molar-refractivity contribution in [1.29, 1.82) is 0 Å². The van der Waals surface area contributed by atoms with E-state index in [1.54, 1.807) is 0 Å². The van der Waals surface area contributed by atoms with Gasteiger partial charge in [0.2, 0.25) is 5.78 Å². The van der Waals surface area contributed by atoms with Crippen molar-refractivity contribution in [3.63, 3.8) is 0 Å². The molecule has 0 fully saturated rings. The van der Waals surface area contributed by atoms with Gasteiger partial charge in [-0.25, -0.2) is 4.79 Å². The molecular formula is C27H28N2O6. The number of benzene rings is 2. The Morgan fingerprint density at radius 3 is 2.46 bits per heavy atom. The molecule has 0 radical (unpaired) electrons. The zero-order valence-corrected chi connectivity index (χ0v) is 20.1. The average Bonchev–Trinajstić information content (AvgIpc) is 3.43. The zero-order valence-electron chi connectivity index (χ0n) is 20.1. The molecule has 0 atom stereocenters. The number of methoxy groups -OCH3 is 1. The Hall–Kier alpha value is -4.07. The van der Waals surface area contributed by atoms with Gasteiger partial charge in [-0.3, -0.25) is 9.59 Å².